The first-order valence-electron chi connectivity index (χ1n) is 13.0. The summed E-state index contributed by atoms with van der Waals surface area (Å²) in [5, 5.41) is 11.7. The van der Waals surface area contributed by atoms with Gasteiger partial charge in [-0.25, -0.2) is 8.78 Å². The van der Waals surface area contributed by atoms with Gasteiger partial charge >= 0.3 is 0 Å². The monoisotopic (exact) mass is 512 g/mol. The van der Waals surface area contributed by atoms with Gasteiger partial charge < -0.3 is 24.4 Å². The van der Waals surface area contributed by atoms with Crippen LogP contribution in [0.1, 0.15) is 57.1 Å². The van der Waals surface area contributed by atoms with Crippen molar-refractivity contribution in [2.75, 3.05) is 67.3 Å². The number of aliphatic hydroxyl groups is 1. The van der Waals surface area contributed by atoms with E-state index < -0.39 is 23.6 Å². The number of ether oxygens (including phenoxy) is 2. The van der Waals surface area contributed by atoms with E-state index in [0.29, 0.717) is 65.1 Å². The highest BCUT2D eigenvalue weighted by atomic mass is 19.1. The Morgan fingerprint density at radius 3 is 2.47 bits per heavy atom. The summed E-state index contributed by atoms with van der Waals surface area (Å²) in [5.74, 6) is -0.584. The molecule has 0 aliphatic heterocycles. The maximum absolute atomic E-state index is 13.8. The smallest absolute Gasteiger partial charge is 0.253 e. The molecule has 0 spiro atoms. The van der Waals surface area contributed by atoms with E-state index in [2.05, 4.69) is 18.7 Å². The lowest BCUT2D eigenvalue weighted by Gasteiger charge is -2.44. The highest BCUT2D eigenvalue weighted by molar-refractivity contribution is 5.77. The molecule has 206 valence electrons. The predicted octanol–water partition coefficient (Wildman–Crippen LogP) is 4.05. The lowest BCUT2D eigenvalue weighted by atomic mass is 9.66. The number of hydrogen-bond acceptors (Lipinski definition) is 5. The average Bonchev–Trinajstić information content (AvgIpc) is 2.81. The van der Waals surface area contributed by atoms with Crippen molar-refractivity contribution in [3.8, 4) is 0 Å². The van der Waals surface area contributed by atoms with E-state index in [-0.39, 0.29) is 17.7 Å². The van der Waals surface area contributed by atoms with Gasteiger partial charge in [-0.1, -0.05) is 26.8 Å². The molecule has 36 heavy (non-hydrogen) atoms. The van der Waals surface area contributed by atoms with Crippen molar-refractivity contribution >= 4 is 5.91 Å². The highest BCUT2D eigenvalue weighted by Crippen LogP contribution is 2.45. The molecule has 1 aliphatic carbocycles. The van der Waals surface area contributed by atoms with E-state index in [1.165, 1.54) is 6.07 Å². The molecule has 2 rings (SSSR count). The van der Waals surface area contributed by atoms with Gasteiger partial charge in [-0.2, -0.15) is 0 Å². The van der Waals surface area contributed by atoms with Crippen LogP contribution >= 0.6 is 0 Å². The van der Waals surface area contributed by atoms with Crippen molar-refractivity contribution in [2.24, 2.45) is 11.3 Å². The second-order valence-corrected chi connectivity index (χ2v) is 11.2. The van der Waals surface area contributed by atoms with Gasteiger partial charge in [0.25, 0.3) is 5.91 Å². The third-order valence-corrected chi connectivity index (χ3v) is 7.43. The minimum atomic E-state index is -1.03. The Labute approximate surface area is 215 Å². The number of halogens is 2. The minimum absolute atomic E-state index is 0.0489. The van der Waals surface area contributed by atoms with Crippen LogP contribution < -0.4 is 0 Å². The van der Waals surface area contributed by atoms with Crippen LogP contribution in [0.5, 0.6) is 0 Å². The molecule has 1 aliphatic rings. The molecule has 0 aromatic heterocycles. The molecule has 0 fully saturated rings. The van der Waals surface area contributed by atoms with Gasteiger partial charge in [0.05, 0.1) is 18.8 Å². The number of fused-ring (bicyclic) bond motifs is 1. The van der Waals surface area contributed by atoms with Gasteiger partial charge in [0.1, 0.15) is 5.82 Å². The van der Waals surface area contributed by atoms with E-state index in [1.807, 2.05) is 20.0 Å². The normalized spacial score (nSPS) is 20.1. The van der Waals surface area contributed by atoms with Crippen LogP contribution in [-0.2, 0) is 20.7 Å². The van der Waals surface area contributed by atoms with Crippen molar-refractivity contribution in [1.82, 2.24) is 9.80 Å². The van der Waals surface area contributed by atoms with Crippen LogP contribution in [0.25, 0.3) is 0 Å². The first kappa shape index (κ1) is 30.6. The van der Waals surface area contributed by atoms with Gasteiger partial charge in [0.15, 0.2) is 6.67 Å². The Balaban J connectivity index is 1.95. The van der Waals surface area contributed by atoms with Crippen molar-refractivity contribution in [1.29, 1.82) is 0 Å². The predicted molar refractivity (Wildman–Crippen MR) is 138 cm³/mol. The number of hydrogen-bond donors (Lipinski definition) is 1. The van der Waals surface area contributed by atoms with E-state index in [9.17, 15) is 18.7 Å². The van der Waals surface area contributed by atoms with Crippen LogP contribution in [0.4, 0.5) is 8.78 Å². The van der Waals surface area contributed by atoms with Crippen LogP contribution in [-0.4, -0.2) is 93.7 Å². The van der Waals surface area contributed by atoms with Crippen LogP contribution in [0.3, 0.4) is 0 Å². The Hall–Kier alpha value is -1.61. The summed E-state index contributed by atoms with van der Waals surface area (Å²) in [6.07, 6.45) is 2.57. The zero-order valence-electron chi connectivity index (χ0n) is 23.0. The maximum Gasteiger partial charge on any atom is 0.253 e. The summed E-state index contributed by atoms with van der Waals surface area (Å²) < 4.78 is 37.6. The molecule has 1 amide bonds. The third-order valence-electron chi connectivity index (χ3n) is 7.43. The molecule has 0 saturated carbocycles. The SMILES string of the molecule is COCC(C)(COC)CN(CCCN(C)CC[C@@]1(O)CCc2cc(F)ccc2[C@@H]1C(C)C)C(=O)CF. The number of methoxy groups -OCH3 is 2. The summed E-state index contributed by atoms with van der Waals surface area (Å²) in [5.41, 5.74) is 0.776. The Morgan fingerprint density at radius 2 is 1.89 bits per heavy atom. The first-order chi connectivity index (χ1) is 17.0. The number of nitrogens with zero attached hydrogens (tertiary/aromatic N) is 2. The lowest BCUT2D eigenvalue weighted by molar-refractivity contribution is -0.135. The summed E-state index contributed by atoms with van der Waals surface area (Å²) >= 11 is 0. The van der Waals surface area contributed by atoms with Gasteiger partial charge in [-0.05, 0) is 68.5 Å². The quantitative estimate of drug-likeness (QED) is 0.384. The van der Waals surface area contributed by atoms with E-state index in [4.69, 9.17) is 9.47 Å². The zero-order chi connectivity index (χ0) is 26.9. The number of aryl methyl sites for hydroxylation is 1. The minimum Gasteiger partial charge on any atom is -0.389 e. The van der Waals surface area contributed by atoms with Crippen molar-refractivity contribution in [3.05, 3.63) is 35.1 Å². The molecule has 0 bridgehead atoms. The van der Waals surface area contributed by atoms with Gasteiger partial charge in [0, 0.05) is 45.2 Å². The highest BCUT2D eigenvalue weighted by Gasteiger charge is 2.43. The molecule has 1 N–H and O–H groups in total. The molecule has 0 radical (unpaired) electrons. The number of rotatable bonds is 15. The molecular weight excluding hydrogens is 466 g/mol. The largest absolute Gasteiger partial charge is 0.389 e. The molecule has 6 nitrogen and oxygen atoms in total. The second kappa shape index (κ2) is 13.8. The Morgan fingerprint density at radius 1 is 1.22 bits per heavy atom. The standard InChI is InChI=1S/C28H46F2N2O4/c1-21(2)26-24-9-8-23(30)16-22(24)10-11-28(26,34)12-15-31(4)13-7-14-32(25(33)17-29)18-27(3,19-35-5)20-36-6/h8-9,16,21,26,34H,7,10-15,17-20H2,1-6H3/t26-,28-/m0/s1. The van der Waals surface area contributed by atoms with E-state index in [0.717, 1.165) is 11.1 Å². The third kappa shape index (κ3) is 8.20. The van der Waals surface area contributed by atoms with Gasteiger partial charge in [0.2, 0.25) is 0 Å². The van der Waals surface area contributed by atoms with Crippen LogP contribution in [0.2, 0.25) is 0 Å². The van der Waals surface area contributed by atoms with Crippen LogP contribution in [0, 0.1) is 17.2 Å². The second-order valence-electron chi connectivity index (χ2n) is 11.2. The number of alkyl halides is 1. The molecule has 0 unspecified atom stereocenters. The fraction of sp³-hybridized carbons (Fsp3) is 0.750. The summed E-state index contributed by atoms with van der Waals surface area (Å²) in [4.78, 5) is 16.0. The molecule has 8 heteroatoms. The summed E-state index contributed by atoms with van der Waals surface area (Å²) in [7, 11) is 5.21. The molecular formula is C28H46F2N2O4. The number of amides is 1. The average molecular weight is 513 g/mol. The maximum atomic E-state index is 13.8. The number of carbonyl (C=O) groups is 1. The first-order valence-corrected chi connectivity index (χ1v) is 13.0. The van der Waals surface area contributed by atoms with Crippen molar-refractivity contribution in [3.63, 3.8) is 0 Å². The van der Waals surface area contributed by atoms with Gasteiger partial charge in [-0.15, -0.1) is 0 Å². The number of carbonyl (C=O) groups excluding carboxylic acids is 1. The van der Waals surface area contributed by atoms with E-state index >= 15 is 0 Å². The Bertz CT molecular complexity index is 832. The number of benzene rings is 1. The fourth-order valence-corrected chi connectivity index (χ4v) is 5.85. The van der Waals surface area contributed by atoms with Crippen molar-refractivity contribution in [2.45, 2.75) is 58.0 Å². The van der Waals surface area contributed by atoms with Crippen molar-refractivity contribution < 1.29 is 28.2 Å². The lowest BCUT2D eigenvalue weighted by Crippen LogP contribution is -2.46. The molecule has 0 saturated heterocycles. The fourth-order valence-electron chi connectivity index (χ4n) is 5.85. The summed E-state index contributed by atoms with van der Waals surface area (Å²) in [6, 6.07) is 4.92. The topological polar surface area (TPSA) is 62.2 Å². The van der Waals surface area contributed by atoms with Gasteiger partial charge in [-0.3, -0.25) is 4.79 Å². The summed E-state index contributed by atoms with van der Waals surface area (Å²) in [6.45, 7) is 8.16. The zero-order valence-corrected chi connectivity index (χ0v) is 23.0. The molecule has 1 aromatic rings. The van der Waals surface area contributed by atoms with E-state index in [1.54, 1.807) is 25.2 Å². The van der Waals surface area contributed by atoms with Crippen LogP contribution in [0.15, 0.2) is 18.2 Å². The molecule has 2 atom stereocenters. The molecule has 0 heterocycles. The molecule has 1 aromatic carbocycles. The Kier molecular flexibility index (Phi) is 11.7.